The molecule has 8 nitrogen and oxygen atoms in total. The Hall–Kier alpha value is -4.15. The third kappa shape index (κ3) is 5.09. The van der Waals surface area contributed by atoms with E-state index in [0.717, 1.165) is 0 Å². The van der Waals surface area contributed by atoms with Gasteiger partial charge in [-0.25, -0.2) is 18.7 Å². The van der Waals surface area contributed by atoms with Crippen LogP contribution in [-0.2, 0) is 16.1 Å². The van der Waals surface area contributed by atoms with Gasteiger partial charge in [0.2, 0.25) is 0 Å². The van der Waals surface area contributed by atoms with Gasteiger partial charge < -0.3 is 20.3 Å². The number of carbonyl (C=O) groups is 2. The first-order valence-electron chi connectivity index (χ1n) is 12.7. The minimum Gasteiger partial charge on any atom is -0.494 e. The fraction of sp³-hybridized carbons (Fsp3) is 0.267. The van der Waals surface area contributed by atoms with Crippen molar-refractivity contribution in [2.24, 2.45) is 5.73 Å². The molecule has 3 N–H and O–H groups in total. The lowest BCUT2D eigenvalue weighted by molar-refractivity contribution is -0.130. The summed E-state index contributed by atoms with van der Waals surface area (Å²) in [5.74, 6) is -1.69. The first-order chi connectivity index (χ1) is 19.3. The fourth-order valence-corrected chi connectivity index (χ4v) is 4.93. The molecular formula is C30H26ClF2N3O5. The number of rotatable bonds is 8. The lowest BCUT2D eigenvalue weighted by Crippen LogP contribution is -2.38. The Bertz CT molecular complexity index is 1710. The zero-order valence-electron chi connectivity index (χ0n) is 22.4. The van der Waals surface area contributed by atoms with Gasteiger partial charge in [0.15, 0.2) is 11.5 Å². The van der Waals surface area contributed by atoms with Crippen molar-refractivity contribution in [3.05, 3.63) is 81.9 Å². The van der Waals surface area contributed by atoms with Crippen LogP contribution < -0.4 is 15.2 Å². The van der Waals surface area contributed by atoms with Crippen LogP contribution in [0.2, 0.25) is 5.02 Å². The number of aliphatic hydroxyl groups is 1. The summed E-state index contributed by atoms with van der Waals surface area (Å²) in [7, 11) is 1.47. The average molecular weight is 582 g/mol. The molecule has 4 aromatic rings. The molecule has 0 saturated carbocycles. The molecule has 3 heterocycles. The van der Waals surface area contributed by atoms with Gasteiger partial charge in [0.1, 0.15) is 35.0 Å². The molecule has 2 aromatic heterocycles. The number of amides is 1. The monoisotopic (exact) mass is 581 g/mol. The summed E-state index contributed by atoms with van der Waals surface area (Å²) in [4.78, 5) is 34.3. The number of methoxy groups -OCH3 is 1. The number of Topliss-reactive ketones (excluding diaryl/α,β-unsaturated/α-hetero) is 1. The van der Waals surface area contributed by atoms with E-state index in [0.29, 0.717) is 38.5 Å². The van der Waals surface area contributed by atoms with E-state index in [1.165, 1.54) is 44.4 Å². The lowest BCUT2D eigenvalue weighted by Gasteiger charge is -2.25. The van der Waals surface area contributed by atoms with Crippen LogP contribution in [0.4, 0.5) is 8.78 Å². The van der Waals surface area contributed by atoms with Gasteiger partial charge in [-0.05, 0) is 68.8 Å². The van der Waals surface area contributed by atoms with Crippen molar-refractivity contribution in [2.45, 2.75) is 38.0 Å². The zero-order chi connectivity index (χ0) is 29.7. The fourth-order valence-electron chi connectivity index (χ4n) is 4.77. The molecule has 5 rings (SSSR count). The predicted octanol–water partition coefficient (Wildman–Crippen LogP) is 5.32. The number of hydrogen-bond acceptors (Lipinski definition) is 7. The Morgan fingerprint density at radius 3 is 2.56 bits per heavy atom. The number of carbonyl (C=O) groups excluding carboxylic acids is 2. The molecule has 1 unspecified atom stereocenters. The number of nitrogens with two attached hydrogens (primary N) is 1. The van der Waals surface area contributed by atoms with Crippen LogP contribution in [-0.4, -0.2) is 40.5 Å². The number of ether oxygens (including phenoxy) is 2. The first kappa shape index (κ1) is 28.4. The highest BCUT2D eigenvalue weighted by Crippen LogP contribution is 2.46. The summed E-state index contributed by atoms with van der Waals surface area (Å²) in [5, 5.41) is 12.5. The Labute approximate surface area is 239 Å². The molecule has 0 saturated heterocycles. The Morgan fingerprint density at radius 2 is 1.90 bits per heavy atom. The van der Waals surface area contributed by atoms with Crippen molar-refractivity contribution in [1.29, 1.82) is 0 Å². The Balaban J connectivity index is 1.50. The van der Waals surface area contributed by atoms with Gasteiger partial charge in [0.25, 0.3) is 11.6 Å². The molecule has 0 radical (unpaired) electrons. The number of ketones is 1. The minimum atomic E-state index is -2.66. The molecule has 2 atom stereocenters. The third-order valence-corrected chi connectivity index (χ3v) is 7.65. The summed E-state index contributed by atoms with van der Waals surface area (Å²) in [6.45, 7) is 2.52. The van der Waals surface area contributed by atoms with E-state index in [4.69, 9.17) is 26.8 Å². The van der Waals surface area contributed by atoms with E-state index in [-0.39, 0.29) is 41.3 Å². The van der Waals surface area contributed by atoms with Crippen LogP contribution in [0.15, 0.2) is 48.5 Å². The molecule has 1 aliphatic rings. The number of pyridine rings is 2. The summed E-state index contributed by atoms with van der Waals surface area (Å²) >= 11 is 6.24. The number of alkyl halides is 1. The molecule has 0 bridgehead atoms. The van der Waals surface area contributed by atoms with E-state index in [1.807, 2.05) is 0 Å². The summed E-state index contributed by atoms with van der Waals surface area (Å²) in [6, 6.07) is 11.4. The van der Waals surface area contributed by atoms with Crippen molar-refractivity contribution >= 4 is 34.2 Å². The number of benzene rings is 2. The Morgan fingerprint density at radius 1 is 1.20 bits per heavy atom. The molecular weight excluding hydrogens is 556 g/mol. The van der Waals surface area contributed by atoms with Crippen LogP contribution in [0.25, 0.3) is 22.2 Å². The van der Waals surface area contributed by atoms with Gasteiger partial charge in [0, 0.05) is 28.5 Å². The van der Waals surface area contributed by atoms with E-state index in [1.54, 1.807) is 25.1 Å². The van der Waals surface area contributed by atoms with E-state index < -0.39 is 29.6 Å². The van der Waals surface area contributed by atoms with Gasteiger partial charge >= 0.3 is 0 Å². The number of nitrogens with zero attached hydrogens (tertiary/aromatic N) is 2. The quantitative estimate of drug-likeness (QED) is 0.270. The largest absolute Gasteiger partial charge is 0.494 e. The first-order valence-corrected chi connectivity index (χ1v) is 13.1. The zero-order valence-corrected chi connectivity index (χ0v) is 23.2. The maximum absolute atomic E-state index is 15.7. The highest BCUT2D eigenvalue weighted by atomic mass is 35.5. The van der Waals surface area contributed by atoms with E-state index in [2.05, 4.69) is 9.97 Å². The molecule has 0 fully saturated rings. The summed E-state index contributed by atoms with van der Waals surface area (Å²) < 4.78 is 40.2. The summed E-state index contributed by atoms with van der Waals surface area (Å²) in [6.07, 6.45) is -0.225. The molecule has 0 aliphatic carbocycles. The SMILES string of the molecule is COc1cc(C(=O)CC[C@](C)(O)c2cc3c(c(-c4ccc(F)cc4)n2)OCC3(F)C(N)=O)cc2cc(Cl)c(C)nc12. The second-order valence-electron chi connectivity index (χ2n) is 10.2. The molecule has 41 heavy (non-hydrogen) atoms. The topological polar surface area (TPSA) is 125 Å². The molecule has 1 amide bonds. The van der Waals surface area contributed by atoms with Crippen molar-refractivity contribution in [1.82, 2.24) is 9.97 Å². The second-order valence-corrected chi connectivity index (χ2v) is 10.6. The number of primary amides is 1. The highest BCUT2D eigenvalue weighted by Gasteiger charge is 2.49. The number of hydrogen-bond donors (Lipinski definition) is 2. The number of aromatic nitrogens is 2. The van der Waals surface area contributed by atoms with E-state index >= 15 is 4.39 Å². The van der Waals surface area contributed by atoms with Crippen LogP contribution in [0, 0.1) is 12.7 Å². The average Bonchev–Trinajstić information content (AvgIpc) is 3.29. The Kier molecular flexibility index (Phi) is 7.17. The summed E-state index contributed by atoms with van der Waals surface area (Å²) in [5.41, 5.74) is 2.72. The van der Waals surface area contributed by atoms with Crippen molar-refractivity contribution in [3.63, 3.8) is 0 Å². The van der Waals surface area contributed by atoms with E-state index in [9.17, 15) is 19.1 Å². The van der Waals surface area contributed by atoms with Crippen molar-refractivity contribution < 1.29 is 33.0 Å². The van der Waals surface area contributed by atoms with Crippen LogP contribution in [0.1, 0.15) is 47.1 Å². The number of fused-ring (bicyclic) bond motifs is 2. The maximum Gasteiger partial charge on any atom is 0.263 e. The smallest absolute Gasteiger partial charge is 0.263 e. The molecule has 0 spiro atoms. The second kappa shape index (κ2) is 10.4. The van der Waals surface area contributed by atoms with Gasteiger partial charge in [-0.2, -0.15) is 0 Å². The molecule has 11 heteroatoms. The van der Waals surface area contributed by atoms with Gasteiger partial charge in [-0.1, -0.05) is 11.6 Å². The maximum atomic E-state index is 15.7. The highest BCUT2D eigenvalue weighted by molar-refractivity contribution is 6.31. The van der Waals surface area contributed by atoms with Crippen LogP contribution >= 0.6 is 11.6 Å². The normalized spacial score (nSPS) is 17.5. The van der Waals surface area contributed by atoms with Gasteiger partial charge in [0.05, 0.1) is 23.5 Å². The van der Waals surface area contributed by atoms with Crippen molar-refractivity contribution in [2.75, 3.05) is 13.7 Å². The molecule has 212 valence electrons. The standard InChI is InChI=1S/C30H26ClF2N3O5/c1-15-21(31)11-18-10-17(12-23(40-3)25(18)35-15)22(37)8-9-29(2,39)24-13-20-27(41-14-30(20,33)28(34)38)26(36-24)16-4-6-19(32)7-5-16/h4-7,10-13,39H,8-9,14H2,1-3H3,(H2,34,38)/t29-,30?/m0/s1. The van der Waals surface area contributed by atoms with Gasteiger partial charge in [-0.15, -0.1) is 0 Å². The predicted molar refractivity (Wildman–Crippen MR) is 148 cm³/mol. The van der Waals surface area contributed by atoms with Gasteiger partial charge in [-0.3, -0.25) is 9.59 Å². The lowest BCUT2D eigenvalue weighted by atomic mass is 9.88. The van der Waals surface area contributed by atoms with Crippen molar-refractivity contribution in [3.8, 4) is 22.8 Å². The number of aryl methyl sites for hydroxylation is 1. The van der Waals surface area contributed by atoms with Crippen LogP contribution in [0.3, 0.4) is 0 Å². The number of halogens is 3. The van der Waals surface area contributed by atoms with Crippen LogP contribution in [0.5, 0.6) is 11.5 Å². The molecule has 1 aliphatic heterocycles. The molecule has 2 aromatic carbocycles. The third-order valence-electron chi connectivity index (χ3n) is 7.27. The minimum absolute atomic E-state index is 0.0142.